The second kappa shape index (κ2) is 9.34. The first kappa shape index (κ1) is 21.7. The fraction of sp³-hybridized carbons (Fsp3) is 0.160. The van der Waals surface area contributed by atoms with E-state index in [1.807, 2.05) is 68.4 Å². The lowest BCUT2D eigenvalue weighted by molar-refractivity contribution is 0.103. The average Bonchev–Trinajstić information content (AvgIpc) is 3.26. The van der Waals surface area contributed by atoms with E-state index >= 15 is 0 Å². The van der Waals surface area contributed by atoms with Gasteiger partial charge in [0, 0.05) is 29.8 Å². The highest BCUT2D eigenvalue weighted by Gasteiger charge is 2.18. The van der Waals surface area contributed by atoms with Gasteiger partial charge >= 0.3 is 0 Å². The number of carbonyl (C=O) groups excluding carboxylic acids is 1. The molecule has 7 heteroatoms. The molecular formula is C25H23ClN4O2. The normalized spacial score (nSPS) is 10.9. The van der Waals surface area contributed by atoms with Gasteiger partial charge in [-0.1, -0.05) is 47.1 Å². The van der Waals surface area contributed by atoms with Crippen LogP contribution < -0.4 is 5.32 Å². The van der Waals surface area contributed by atoms with Crippen LogP contribution in [-0.2, 0) is 6.42 Å². The Morgan fingerprint density at radius 3 is 2.59 bits per heavy atom. The molecule has 0 spiro atoms. The predicted octanol–water partition coefficient (Wildman–Crippen LogP) is 5.05. The van der Waals surface area contributed by atoms with Crippen LogP contribution in [-0.4, -0.2) is 32.5 Å². The maximum atomic E-state index is 13.6. The van der Waals surface area contributed by atoms with Gasteiger partial charge < -0.3 is 10.4 Å². The highest BCUT2D eigenvalue weighted by molar-refractivity contribution is 6.34. The molecule has 0 aliphatic rings. The molecule has 32 heavy (non-hydrogen) atoms. The first-order chi connectivity index (χ1) is 15.5. The van der Waals surface area contributed by atoms with Crippen LogP contribution in [0.25, 0.3) is 5.69 Å². The smallest absolute Gasteiger partial charge is 0.195 e. The summed E-state index contributed by atoms with van der Waals surface area (Å²) in [7, 11) is 0. The Bertz CT molecular complexity index is 1280. The number of aromatic nitrogens is 3. The van der Waals surface area contributed by atoms with Crippen molar-refractivity contribution >= 4 is 28.8 Å². The Labute approximate surface area is 191 Å². The molecule has 0 amide bonds. The molecule has 0 aliphatic heterocycles. The Hall–Kier alpha value is -3.48. The molecule has 1 heterocycles. The first-order valence-electron chi connectivity index (χ1n) is 10.3. The highest BCUT2D eigenvalue weighted by atomic mass is 35.5. The van der Waals surface area contributed by atoms with Gasteiger partial charge in [-0.05, 0) is 55.3 Å². The summed E-state index contributed by atoms with van der Waals surface area (Å²) in [5, 5.41) is 21.2. The molecule has 0 radical (unpaired) electrons. The van der Waals surface area contributed by atoms with Crippen molar-refractivity contribution in [2.75, 3.05) is 11.9 Å². The van der Waals surface area contributed by atoms with Gasteiger partial charge in [0.1, 0.15) is 0 Å². The summed E-state index contributed by atoms with van der Waals surface area (Å²) < 4.78 is 1.61. The van der Waals surface area contributed by atoms with Crippen molar-refractivity contribution in [2.45, 2.75) is 20.3 Å². The topological polar surface area (TPSA) is 80.0 Å². The standard InChI is InChI=1S/C25H23ClN4O2/c1-16-10-11-19(30-15-18(12-13-31)28-29-30)14-21(16)25(32)20-7-3-4-8-22(20)27-23-9-5-6-17(2)24(23)26/h3-11,14-15,27,31H,12-13H2,1-2H3. The molecule has 0 bridgehead atoms. The molecule has 4 aromatic rings. The molecule has 162 valence electrons. The number of hydrogen-bond acceptors (Lipinski definition) is 5. The van der Waals surface area contributed by atoms with Gasteiger partial charge in [0.25, 0.3) is 0 Å². The highest BCUT2D eigenvalue weighted by Crippen LogP contribution is 2.31. The molecule has 4 rings (SSSR count). The third-order valence-electron chi connectivity index (χ3n) is 5.27. The maximum Gasteiger partial charge on any atom is 0.195 e. The van der Waals surface area contributed by atoms with Crippen LogP contribution in [0.2, 0.25) is 5.02 Å². The van der Waals surface area contributed by atoms with Gasteiger partial charge in [-0.3, -0.25) is 4.79 Å². The maximum absolute atomic E-state index is 13.6. The molecule has 0 saturated carbocycles. The Balaban J connectivity index is 1.70. The summed E-state index contributed by atoms with van der Waals surface area (Å²) in [6.45, 7) is 3.85. The monoisotopic (exact) mass is 446 g/mol. The van der Waals surface area contributed by atoms with Crippen LogP contribution in [0.1, 0.15) is 32.7 Å². The number of carbonyl (C=O) groups is 1. The predicted molar refractivity (Wildman–Crippen MR) is 126 cm³/mol. The van der Waals surface area contributed by atoms with E-state index in [1.165, 1.54) is 0 Å². The van der Waals surface area contributed by atoms with Crippen molar-refractivity contribution in [2.24, 2.45) is 0 Å². The largest absolute Gasteiger partial charge is 0.396 e. The van der Waals surface area contributed by atoms with Gasteiger partial charge in [-0.15, -0.1) is 5.10 Å². The molecule has 6 nitrogen and oxygen atoms in total. The zero-order chi connectivity index (χ0) is 22.7. The lowest BCUT2D eigenvalue weighted by Crippen LogP contribution is -2.09. The number of nitrogens with one attached hydrogen (secondary N) is 1. The van der Waals surface area contributed by atoms with Crippen molar-refractivity contribution in [3.8, 4) is 5.69 Å². The second-order valence-electron chi connectivity index (χ2n) is 7.56. The lowest BCUT2D eigenvalue weighted by Gasteiger charge is -2.15. The van der Waals surface area contributed by atoms with Crippen molar-refractivity contribution < 1.29 is 9.90 Å². The van der Waals surface area contributed by atoms with Crippen LogP contribution in [0.4, 0.5) is 11.4 Å². The van der Waals surface area contributed by atoms with E-state index in [4.69, 9.17) is 16.7 Å². The number of hydrogen-bond donors (Lipinski definition) is 2. The van der Waals surface area contributed by atoms with Crippen LogP contribution in [0.3, 0.4) is 0 Å². The average molecular weight is 447 g/mol. The van der Waals surface area contributed by atoms with Crippen molar-refractivity contribution in [3.05, 3.63) is 99.8 Å². The van der Waals surface area contributed by atoms with E-state index in [9.17, 15) is 4.79 Å². The van der Waals surface area contributed by atoms with Gasteiger partial charge in [-0.25, -0.2) is 4.68 Å². The van der Waals surface area contributed by atoms with E-state index in [2.05, 4.69) is 15.6 Å². The van der Waals surface area contributed by atoms with Gasteiger partial charge in [0.15, 0.2) is 5.78 Å². The summed E-state index contributed by atoms with van der Waals surface area (Å²) in [6, 6.07) is 18.7. The van der Waals surface area contributed by atoms with E-state index in [-0.39, 0.29) is 12.4 Å². The number of benzene rings is 3. The number of rotatable bonds is 7. The minimum atomic E-state index is -0.105. The second-order valence-corrected chi connectivity index (χ2v) is 7.94. The summed E-state index contributed by atoms with van der Waals surface area (Å²) >= 11 is 6.45. The van der Waals surface area contributed by atoms with E-state index in [1.54, 1.807) is 16.9 Å². The molecule has 0 aliphatic carbocycles. The third kappa shape index (κ3) is 4.42. The molecule has 3 aromatic carbocycles. The SMILES string of the molecule is Cc1ccc(-n2cc(CCO)nn2)cc1C(=O)c1ccccc1Nc1cccc(C)c1Cl. The van der Waals surface area contributed by atoms with E-state index in [0.29, 0.717) is 34.0 Å². The zero-order valence-corrected chi connectivity index (χ0v) is 18.6. The number of para-hydroxylation sites is 1. The van der Waals surface area contributed by atoms with Crippen LogP contribution in [0.15, 0.2) is 66.9 Å². The summed E-state index contributed by atoms with van der Waals surface area (Å²) in [5.74, 6) is -0.105. The molecule has 2 N–H and O–H groups in total. The molecule has 0 saturated heterocycles. The van der Waals surface area contributed by atoms with Crippen LogP contribution in [0, 0.1) is 13.8 Å². The number of aliphatic hydroxyl groups excluding tert-OH is 1. The van der Waals surface area contributed by atoms with Crippen LogP contribution in [0.5, 0.6) is 0 Å². The van der Waals surface area contributed by atoms with E-state index < -0.39 is 0 Å². The minimum absolute atomic E-state index is 0.00503. The summed E-state index contributed by atoms with van der Waals surface area (Å²) in [5.41, 5.74) is 5.77. The molecule has 0 unspecified atom stereocenters. The number of aryl methyl sites for hydroxylation is 2. The minimum Gasteiger partial charge on any atom is -0.396 e. The quantitative estimate of drug-likeness (QED) is 0.388. The Kier molecular flexibility index (Phi) is 6.35. The zero-order valence-electron chi connectivity index (χ0n) is 17.8. The van der Waals surface area contributed by atoms with Crippen molar-refractivity contribution in [1.29, 1.82) is 0 Å². The fourth-order valence-electron chi connectivity index (χ4n) is 3.48. The third-order valence-corrected chi connectivity index (χ3v) is 5.77. The van der Waals surface area contributed by atoms with Gasteiger partial charge in [-0.2, -0.15) is 0 Å². The molecular weight excluding hydrogens is 424 g/mol. The van der Waals surface area contributed by atoms with Crippen molar-refractivity contribution in [3.63, 3.8) is 0 Å². The van der Waals surface area contributed by atoms with Gasteiger partial charge in [0.2, 0.25) is 0 Å². The first-order valence-corrected chi connectivity index (χ1v) is 10.6. The summed E-state index contributed by atoms with van der Waals surface area (Å²) in [6.07, 6.45) is 2.18. The molecule has 1 aromatic heterocycles. The van der Waals surface area contributed by atoms with E-state index in [0.717, 1.165) is 22.5 Å². The Morgan fingerprint density at radius 2 is 1.78 bits per heavy atom. The summed E-state index contributed by atoms with van der Waals surface area (Å²) in [4.78, 5) is 13.6. The number of halogens is 1. The van der Waals surface area contributed by atoms with Gasteiger partial charge in [0.05, 0.1) is 28.3 Å². The molecule has 0 atom stereocenters. The number of aliphatic hydroxyl groups is 1. The van der Waals surface area contributed by atoms with Crippen molar-refractivity contribution in [1.82, 2.24) is 15.0 Å². The lowest BCUT2D eigenvalue weighted by atomic mass is 9.97. The number of ketones is 1. The number of anilines is 2. The fourth-order valence-corrected chi connectivity index (χ4v) is 3.65. The Morgan fingerprint density at radius 1 is 1.00 bits per heavy atom. The number of nitrogens with zero attached hydrogens (tertiary/aromatic N) is 3. The molecule has 0 fully saturated rings. The van der Waals surface area contributed by atoms with Crippen LogP contribution >= 0.6 is 11.6 Å².